The zero-order valence-electron chi connectivity index (χ0n) is 19.5. The van der Waals surface area contributed by atoms with Crippen LogP contribution in [0.4, 0.5) is 5.69 Å². The van der Waals surface area contributed by atoms with Gasteiger partial charge >= 0.3 is 0 Å². The van der Waals surface area contributed by atoms with Crippen LogP contribution >= 0.6 is 0 Å². The van der Waals surface area contributed by atoms with Crippen LogP contribution in [0.3, 0.4) is 0 Å². The summed E-state index contributed by atoms with van der Waals surface area (Å²) in [7, 11) is 3.81. The Kier molecular flexibility index (Phi) is 7.50. The number of hydrogen-bond acceptors (Lipinski definition) is 8. The van der Waals surface area contributed by atoms with Crippen molar-refractivity contribution in [2.24, 2.45) is 17.4 Å². The molecule has 33 heavy (non-hydrogen) atoms. The van der Waals surface area contributed by atoms with Crippen molar-refractivity contribution in [1.82, 2.24) is 20.6 Å². The van der Waals surface area contributed by atoms with E-state index in [-0.39, 0.29) is 12.1 Å². The number of nitrogens with zero attached hydrogens (tertiary/aromatic N) is 3. The molecule has 1 unspecified atom stereocenters. The topological polar surface area (TPSA) is 129 Å². The molecule has 7 N–H and O–H groups in total. The summed E-state index contributed by atoms with van der Waals surface area (Å²) >= 11 is 0. The van der Waals surface area contributed by atoms with Gasteiger partial charge in [-0.25, -0.2) is 0 Å². The van der Waals surface area contributed by atoms with Crippen LogP contribution in [0.25, 0.3) is 22.8 Å². The van der Waals surface area contributed by atoms with Gasteiger partial charge in [-0.1, -0.05) is 13.8 Å². The number of likely N-dealkylation sites (N-methyl/N-ethyl adjacent to an activating group) is 1. The van der Waals surface area contributed by atoms with Crippen molar-refractivity contribution in [2.75, 3.05) is 19.0 Å². The number of nitrogens with one attached hydrogen (secondary N) is 3. The summed E-state index contributed by atoms with van der Waals surface area (Å²) in [6, 6.07) is 3.92. The van der Waals surface area contributed by atoms with Crippen molar-refractivity contribution in [3.05, 3.63) is 77.9 Å². The molecule has 0 radical (unpaired) electrons. The van der Waals surface area contributed by atoms with Crippen molar-refractivity contribution in [1.29, 1.82) is 5.41 Å². The Morgan fingerprint density at radius 1 is 1.27 bits per heavy atom. The Morgan fingerprint density at radius 2 is 2.00 bits per heavy atom. The van der Waals surface area contributed by atoms with Crippen LogP contribution in [-0.2, 0) is 0 Å². The van der Waals surface area contributed by atoms with E-state index in [1.165, 1.54) is 6.21 Å². The summed E-state index contributed by atoms with van der Waals surface area (Å²) in [4.78, 5) is 11.0. The SMILES string of the molecule is CN/C=C(\C=N)c1cnc2c(c1-c1ccncc1)N(C)C(N/C(N)=C/C(=C\N)C(C)C)C=C2. The number of aromatic nitrogens is 2. The molecule has 0 bridgehead atoms. The zero-order valence-corrected chi connectivity index (χ0v) is 19.5. The molecule has 0 aromatic carbocycles. The molecule has 0 saturated heterocycles. The molecule has 1 atom stereocenters. The fourth-order valence-corrected chi connectivity index (χ4v) is 3.77. The summed E-state index contributed by atoms with van der Waals surface area (Å²) in [5.41, 5.74) is 18.3. The molecule has 1 aliphatic rings. The van der Waals surface area contributed by atoms with Crippen LogP contribution in [0.1, 0.15) is 25.1 Å². The van der Waals surface area contributed by atoms with E-state index < -0.39 is 0 Å². The Balaban J connectivity index is 2.11. The molecule has 1 aliphatic heterocycles. The number of hydrogen-bond donors (Lipinski definition) is 5. The van der Waals surface area contributed by atoms with Crippen molar-refractivity contribution in [3.8, 4) is 11.1 Å². The Morgan fingerprint density at radius 3 is 2.61 bits per heavy atom. The first kappa shape index (κ1) is 23.6. The minimum atomic E-state index is -0.200. The van der Waals surface area contributed by atoms with Gasteiger partial charge in [0.1, 0.15) is 6.17 Å². The summed E-state index contributed by atoms with van der Waals surface area (Å²) in [6.07, 6.45) is 15.7. The largest absolute Gasteiger partial charge is 0.404 e. The van der Waals surface area contributed by atoms with Gasteiger partial charge in [-0.05, 0) is 53.6 Å². The van der Waals surface area contributed by atoms with Crippen molar-refractivity contribution in [3.63, 3.8) is 0 Å². The summed E-state index contributed by atoms with van der Waals surface area (Å²) in [6.45, 7) is 4.14. The quantitative estimate of drug-likeness (QED) is 0.313. The molecular formula is C25H32N8. The Hall–Kier alpha value is -4.07. The number of anilines is 1. The molecule has 3 heterocycles. The second kappa shape index (κ2) is 10.5. The first-order chi connectivity index (χ1) is 15.9. The van der Waals surface area contributed by atoms with E-state index in [2.05, 4.69) is 34.4 Å². The molecule has 172 valence electrons. The van der Waals surface area contributed by atoms with Gasteiger partial charge in [-0.15, -0.1) is 0 Å². The van der Waals surface area contributed by atoms with Crippen molar-refractivity contribution >= 4 is 23.6 Å². The highest BCUT2D eigenvalue weighted by Gasteiger charge is 2.26. The van der Waals surface area contributed by atoms with Gasteiger partial charge in [0.2, 0.25) is 0 Å². The fourth-order valence-electron chi connectivity index (χ4n) is 3.77. The third-order valence-corrected chi connectivity index (χ3v) is 5.52. The van der Waals surface area contributed by atoms with E-state index in [1.54, 1.807) is 24.8 Å². The van der Waals surface area contributed by atoms with Gasteiger partial charge in [0.05, 0.1) is 17.2 Å². The molecule has 0 fully saturated rings. The third-order valence-electron chi connectivity index (χ3n) is 5.52. The fraction of sp³-hybridized carbons (Fsp3) is 0.240. The molecule has 0 amide bonds. The maximum Gasteiger partial charge on any atom is 0.120 e. The van der Waals surface area contributed by atoms with E-state index in [9.17, 15) is 0 Å². The minimum Gasteiger partial charge on any atom is -0.404 e. The van der Waals surface area contributed by atoms with E-state index in [4.69, 9.17) is 21.9 Å². The predicted molar refractivity (Wildman–Crippen MR) is 137 cm³/mol. The van der Waals surface area contributed by atoms with Gasteiger partial charge in [0.25, 0.3) is 0 Å². The van der Waals surface area contributed by atoms with Crippen LogP contribution in [-0.4, -0.2) is 36.4 Å². The molecular weight excluding hydrogens is 412 g/mol. The lowest BCUT2D eigenvalue weighted by Gasteiger charge is -2.35. The molecule has 2 aromatic heterocycles. The van der Waals surface area contributed by atoms with E-state index in [0.29, 0.717) is 5.82 Å². The Bertz CT molecular complexity index is 1110. The normalized spacial score (nSPS) is 16.6. The Labute approximate surface area is 195 Å². The highest BCUT2D eigenvalue weighted by molar-refractivity contribution is 6.12. The first-order valence-electron chi connectivity index (χ1n) is 10.8. The summed E-state index contributed by atoms with van der Waals surface area (Å²) < 4.78 is 0. The average Bonchev–Trinajstić information content (AvgIpc) is 2.82. The van der Waals surface area contributed by atoms with Gasteiger partial charge in [0, 0.05) is 61.8 Å². The maximum atomic E-state index is 7.95. The monoisotopic (exact) mass is 444 g/mol. The van der Waals surface area contributed by atoms with Crippen molar-refractivity contribution in [2.45, 2.75) is 20.0 Å². The number of nitrogens with two attached hydrogens (primary N) is 2. The van der Waals surface area contributed by atoms with Crippen molar-refractivity contribution < 1.29 is 0 Å². The number of fused-ring (bicyclic) bond motifs is 1. The molecule has 3 rings (SSSR count). The standard InChI is InChI=1S/C25H32N8/c1-16(2)18(12-26)11-22(28)32-23-6-5-21-25(33(23)4)24(17-7-9-30-10-8-17)20(15-31-21)19(13-27)14-29-3/h5-16,23,27,29,32H,26,28H2,1-4H3/b18-12+,19-14+,22-11+,27-13?. The van der Waals surface area contributed by atoms with E-state index in [1.807, 2.05) is 50.7 Å². The highest BCUT2D eigenvalue weighted by atomic mass is 15.3. The van der Waals surface area contributed by atoms with Crippen LogP contribution in [0, 0.1) is 11.3 Å². The second-order valence-corrected chi connectivity index (χ2v) is 8.03. The van der Waals surface area contributed by atoms with Crippen LogP contribution in [0.15, 0.2) is 66.7 Å². The van der Waals surface area contributed by atoms with Crippen LogP contribution in [0.5, 0.6) is 0 Å². The lowest BCUT2D eigenvalue weighted by atomic mass is 9.93. The molecule has 0 aliphatic carbocycles. The van der Waals surface area contributed by atoms with Crippen LogP contribution in [0.2, 0.25) is 0 Å². The van der Waals surface area contributed by atoms with Gasteiger partial charge in [-0.2, -0.15) is 0 Å². The molecule has 0 spiro atoms. The highest BCUT2D eigenvalue weighted by Crippen LogP contribution is 2.40. The molecule has 8 heteroatoms. The van der Waals surface area contributed by atoms with E-state index >= 15 is 0 Å². The van der Waals surface area contributed by atoms with Crippen LogP contribution < -0.4 is 27.0 Å². The number of pyridine rings is 2. The summed E-state index contributed by atoms with van der Waals surface area (Å²) in [5.74, 6) is 0.787. The average molecular weight is 445 g/mol. The lowest BCUT2D eigenvalue weighted by Crippen LogP contribution is -2.45. The number of allylic oxidation sites excluding steroid dienone is 3. The maximum absolute atomic E-state index is 7.95. The van der Waals surface area contributed by atoms with Gasteiger partial charge in [-0.3, -0.25) is 9.97 Å². The molecule has 2 aromatic rings. The smallest absolute Gasteiger partial charge is 0.120 e. The lowest BCUT2D eigenvalue weighted by molar-refractivity contribution is 0.642. The minimum absolute atomic E-state index is 0.200. The zero-order chi connectivity index (χ0) is 24.0. The first-order valence-corrected chi connectivity index (χ1v) is 10.8. The summed E-state index contributed by atoms with van der Waals surface area (Å²) in [5, 5.41) is 14.3. The molecule has 8 nitrogen and oxygen atoms in total. The predicted octanol–water partition coefficient (Wildman–Crippen LogP) is 3.03. The molecule has 0 saturated carbocycles. The van der Waals surface area contributed by atoms with E-state index in [0.717, 1.165) is 39.2 Å². The van der Waals surface area contributed by atoms with Gasteiger partial charge < -0.3 is 32.4 Å². The third kappa shape index (κ3) is 5.06. The number of rotatable bonds is 8. The second-order valence-electron chi connectivity index (χ2n) is 8.03. The van der Waals surface area contributed by atoms with Gasteiger partial charge in [0.15, 0.2) is 0 Å².